The Bertz CT molecular complexity index is 3460. The zero-order valence-corrected chi connectivity index (χ0v) is 33.5. The van der Waals surface area contributed by atoms with Gasteiger partial charge >= 0.3 is 0 Å². The second-order valence-corrected chi connectivity index (χ2v) is 18.6. The van der Waals surface area contributed by atoms with Gasteiger partial charge in [-0.05, 0) is 105 Å². The molecule has 0 radical (unpaired) electrons. The van der Waals surface area contributed by atoms with Crippen molar-refractivity contribution >= 4 is 85.9 Å². The van der Waals surface area contributed by atoms with E-state index in [0.29, 0.717) is 0 Å². The van der Waals surface area contributed by atoms with Crippen LogP contribution in [0.3, 0.4) is 0 Å². The Balaban J connectivity index is 1.27. The van der Waals surface area contributed by atoms with Crippen molar-refractivity contribution in [3.8, 4) is 22.5 Å². The van der Waals surface area contributed by atoms with E-state index in [4.69, 9.17) is 0 Å². The fourth-order valence-corrected chi connectivity index (χ4v) is 11.6. The van der Waals surface area contributed by atoms with Gasteiger partial charge in [-0.1, -0.05) is 137 Å². The molecule has 274 valence electrons. The molecule has 12 rings (SSSR count). The van der Waals surface area contributed by atoms with E-state index in [2.05, 4.69) is 195 Å². The molecule has 0 unspecified atom stereocenters. The van der Waals surface area contributed by atoms with E-state index >= 15 is 0 Å². The number of thiophene rings is 1. The van der Waals surface area contributed by atoms with Crippen molar-refractivity contribution in [3.05, 3.63) is 169 Å². The Morgan fingerprint density at radius 3 is 1.75 bits per heavy atom. The molecule has 1 aliphatic carbocycles. The molecule has 0 bridgehead atoms. The van der Waals surface area contributed by atoms with Crippen LogP contribution in [0.25, 0.3) is 97.1 Å². The zero-order valence-electron chi connectivity index (χ0n) is 32.7. The summed E-state index contributed by atoms with van der Waals surface area (Å²) >= 11 is 1.90. The third kappa shape index (κ3) is 4.58. The molecule has 0 atom stereocenters. The fraction of sp³-hybridized carbons (Fsp3) is 0.148. The minimum atomic E-state index is 0.0843. The number of rotatable bonds is 3. The van der Waals surface area contributed by atoms with Crippen LogP contribution in [0.1, 0.15) is 51.7 Å². The van der Waals surface area contributed by atoms with Gasteiger partial charge in [0, 0.05) is 53.1 Å². The lowest BCUT2D eigenvalue weighted by Crippen LogP contribution is -2.33. The Kier molecular flexibility index (Phi) is 6.77. The van der Waals surface area contributed by atoms with E-state index in [9.17, 15) is 0 Å². The molecule has 0 fully saturated rings. The molecular formula is C54H42N2S. The van der Waals surface area contributed by atoms with Crippen molar-refractivity contribution < 1.29 is 0 Å². The summed E-state index contributed by atoms with van der Waals surface area (Å²) in [5.74, 6) is 0. The molecule has 3 heterocycles. The van der Waals surface area contributed by atoms with Gasteiger partial charge in [0.1, 0.15) is 0 Å². The van der Waals surface area contributed by atoms with Crippen LogP contribution in [-0.4, -0.2) is 9.13 Å². The number of nitrogens with zero attached hydrogens (tertiary/aromatic N) is 2. The summed E-state index contributed by atoms with van der Waals surface area (Å²) in [6.45, 7) is 9.79. The van der Waals surface area contributed by atoms with E-state index in [0.717, 1.165) is 0 Å². The molecule has 0 N–H and O–H groups in total. The van der Waals surface area contributed by atoms with E-state index in [1.165, 1.54) is 121 Å². The molecule has 3 aromatic heterocycles. The van der Waals surface area contributed by atoms with E-state index < -0.39 is 0 Å². The predicted octanol–water partition coefficient (Wildman–Crippen LogP) is 15.4. The number of hydrogen-bond donors (Lipinski definition) is 0. The molecule has 0 spiro atoms. The summed E-state index contributed by atoms with van der Waals surface area (Å²) in [7, 11) is 0. The van der Waals surface area contributed by atoms with Gasteiger partial charge in [-0.25, -0.2) is 0 Å². The van der Waals surface area contributed by atoms with Gasteiger partial charge in [-0.2, -0.15) is 0 Å². The molecule has 11 aromatic rings. The largest absolute Gasteiger partial charge is 0.307 e. The minimum absolute atomic E-state index is 0.0843. The topological polar surface area (TPSA) is 9.86 Å². The van der Waals surface area contributed by atoms with Crippen molar-refractivity contribution in [1.29, 1.82) is 0 Å². The maximum Gasteiger partial charge on any atom is 0.0795 e. The van der Waals surface area contributed by atoms with Crippen LogP contribution in [-0.2, 0) is 10.8 Å². The zero-order chi connectivity index (χ0) is 38.2. The average molecular weight is 751 g/mol. The lowest BCUT2D eigenvalue weighted by atomic mass is 9.63. The average Bonchev–Trinajstić information content (AvgIpc) is 3.91. The van der Waals surface area contributed by atoms with Crippen LogP contribution in [0.15, 0.2) is 158 Å². The van der Waals surface area contributed by atoms with Crippen molar-refractivity contribution in [2.75, 3.05) is 0 Å². The Labute approximate surface area is 336 Å². The summed E-state index contributed by atoms with van der Waals surface area (Å²) in [6, 6.07) is 59.3. The summed E-state index contributed by atoms with van der Waals surface area (Å²) in [5, 5.41) is 10.5. The Morgan fingerprint density at radius 1 is 0.439 bits per heavy atom. The predicted molar refractivity (Wildman–Crippen MR) is 246 cm³/mol. The van der Waals surface area contributed by atoms with Crippen LogP contribution < -0.4 is 0 Å². The third-order valence-electron chi connectivity index (χ3n) is 13.3. The standard InChI is InChI=1S/C54H42N2S/c1-53(2)28-29-54(3,4)44-32-46-42(31-43(44)53)49-39-22-9-8-21-38(39)48-41-23-10-12-26-45(41)56(50(48)51(49)55(46)34-17-6-5-7-18-34)35-19-14-16-33(30-35)36-24-15-25-40-37-20-11-13-27-47(37)57-52(36)40/h5-27,30-32H,28-29H2,1-4H3. The van der Waals surface area contributed by atoms with Crippen LogP contribution in [0.5, 0.6) is 0 Å². The van der Waals surface area contributed by atoms with E-state index in [-0.39, 0.29) is 10.8 Å². The molecule has 1 aliphatic rings. The SMILES string of the molecule is CC1(C)CCC(C)(C)c2cc3c(cc21)c1c2ccccc2c2c4ccccc4n(-c4cccc(-c5cccc6c5sc5ccccc56)c4)c2c1n3-c1ccccc1. The van der Waals surface area contributed by atoms with Gasteiger partial charge in [0.2, 0.25) is 0 Å². The second kappa shape index (κ2) is 11.7. The van der Waals surface area contributed by atoms with Gasteiger partial charge in [0.25, 0.3) is 0 Å². The number of para-hydroxylation sites is 2. The molecule has 0 aliphatic heterocycles. The first-order valence-electron chi connectivity index (χ1n) is 20.3. The minimum Gasteiger partial charge on any atom is -0.307 e. The fourth-order valence-electron chi connectivity index (χ4n) is 10.4. The highest BCUT2D eigenvalue weighted by Gasteiger charge is 2.38. The Hall–Kier alpha value is -6.16. The molecule has 2 nitrogen and oxygen atoms in total. The smallest absolute Gasteiger partial charge is 0.0795 e. The van der Waals surface area contributed by atoms with Gasteiger partial charge < -0.3 is 9.13 Å². The normalized spacial score (nSPS) is 15.2. The number of benzene rings is 8. The molecule has 0 saturated carbocycles. The van der Waals surface area contributed by atoms with E-state index in [1.807, 2.05) is 11.3 Å². The Morgan fingerprint density at radius 2 is 1.00 bits per heavy atom. The van der Waals surface area contributed by atoms with Crippen LogP contribution in [0.2, 0.25) is 0 Å². The van der Waals surface area contributed by atoms with Gasteiger partial charge in [0.15, 0.2) is 0 Å². The highest BCUT2D eigenvalue weighted by atomic mass is 32.1. The molecule has 3 heteroatoms. The second-order valence-electron chi connectivity index (χ2n) is 17.5. The van der Waals surface area contributed by atoms with Gasteiger partial charge in [-0.15, -0.1) is 11.3 Å². The lowest BCUT2D eigenvalue weighted by molar-refractivity contribution is 0.332. The quantitative estimate of drug-likeness (QED) is 0.170. The summed E-state index contributed by atoms with van der Waals surface area (Å²) < 4.78 is 7.83. The van der Waals surface area contributed by atoms with Crippen molar-refractivity contribution in [2.45, 2.75) is 51.4 Å². The molecular weight excluding hydrogens is 709 g/mol. The van der Waals surface area contributed by atoms with Gasteiger partial charge in [-0.3, -0.25) is 0 Å². The van der Waals surface area contributed by atoms with Crippen LogP contribution in [0, 0.1) is 0 Å². The van der Waals surface area contributed by atoms with Crippen molar-refractivity contribution in [3.63, 3.8) is 0 Å². The highest BCUT2D eigenvalue weighted by molar-refractivity contribution is 7.26. The third-order valence-corrected chi connectivity index (χ3v) is 14.6. The summed E-state index contributed by atoms with van der Waals surface area (Å²) in [5.41, 5.74) is 13.0. The highest BCUT2D eigenvalue weighted by Crippen LogP contribution is 2.52. The first-order valence-corrected chi connectivity index (χ1v) is 21.1. The van der Waals surface area contributed by atoms with Crippen LogP contribution >= 0.6 is 11.3 Å². The van der Waals surface area contributed by atoms with Crippen LogP contribution in [0.4, 0.5) is 0 Å². The molecule has 0 saturated heterocycles. The van der Waals surface area contributed by atoms with E-state index in [1.54, 1.807) is 0 Å². The summed E-state index contributed by atoms with van der Waals surface area (Å²) in [6.07, 6.45) is 2.36. The number of hydrogen-bond acceptors (Lipinski definition) is 1. The molecule has 0 amide bonds. The maximum atomic E-state index is 2.59. The lowest BCUT2D eigenvalue weighted by Gasteiger charge is -2.42. The van der Waals surface area contributed by atoms with Gasteiger partial charge in [0.05, 0.1) is 22.1 Å². The number of aromatic nitrogens is 2. The van der Waals surface area contributed by atoms with Crippen molar-refractivity contribution in [1.82, 2.24) is 9.13 Å². The number of fused-ring (bicyclic) bond motifs is 14. The monoisotopic (exact) mass is 750 g/mol. The molecule has 8 aromatic carbocycles. The molecule has 57 heavy (non-hydrogen) atoms. The maximum absolute atomic E-state index is 2.59. The summed E-state index contributed by atoms with van der Waals surface area (Å²) in [4.78, 5) is 0. The van der Waals surface area contributed by atoms with Crippen molar-refractivity contribution in [2.24, 2.45) is 0 Å². The first kappa shape index (κ1) is 33.0. The first-order chi connectivity index (χ1) is 27.8.